The Bertz CT molecular complexity index is 885. The minimum Gasteiger partial charge on any atom is -0.497 e. The van der Waals surface area contributed by atoms with Crippen LogP contribution in [0.15, 0.2) is 48.5 Å². The van der Waals surface area contributed by atoms with Crippen LogP contribution in [0.1, 0.15) is 41.3 Å². The minimum absolute atomic E-state index is 0.111. The number of methoxy groups -OCH3 is 2. The predicted octanol–water partition coefficient (Wildman–Crippen LogP) is 3.87. The van der Waals surface area contributed by atoms with Crippen LogP contribution in [0, 0.1) is 5.41 Å². The first-order chi connectivity index (χ1) is 15.0. The van der Waals surface area contributed by atoms with Gasteiger partial charge in [-0.25, -0.2) is 4.79 Å². The van der Waals surface area contributed by atoms with Gasteiger partial charge in [-0.05, 0) is 74.7 Å². The molecule has 1 saturated heterocycles. The fourth-order valence-corrected chi connectivity index (χ4v) is 4.17. The van der Waals surface area contributed by atoms with E-state index < -0.39 is 5.41 Å². The summed E-state index contributed by atoms with van der Waals surface area (Å²) in [5.41, 5.74) is 2.24. The monoisotopic (exact) mass is 425 g/mol. The van der Waals surface area contributed by atoms with Crippen LogP contribution >= 0.6 is 0 Å². The molecule has 0 amide bonds. The molecule has 0 unspecified atom stereocenters. The lowest BCUT2D eigenvalue weighted by Gasteiger charge is -2.40. The van der Waals surface area contributed by atoms with Crippen LogP contribution < -0.4 is 4.74 Å². The lowest BCUT2D eigenvalue weighted by Crippen LogP contribution is -2.46. The maximum atomic E-state index is 13.0. The number of hydrogen-bond donors (Lipinski definition) is 0. The Hall–Kier alpha value is -2.86. The number of nitrogens with zero attached hydrogens (tertiary/aromatic N) is 1. The van der Waals surface area contributed by atoms with Gasteiger partial charge in [-0.3, -0.25) is 9.69 Å². The normalized spacial score (nSPS) is 15.8. The van der Waals surface area contributed by atoms with Crippen molar-refractivity contribution in [3.8, 4) is 5.75 Å². The van der Waals surface area contributed by atoms with Crippen LogP contribution in [0.5, 0.6) is 5.75 Å². The quantitative estimate of drug-likeness (QED) is 0.598. The lowest BCUT2D eigenvalue weighted by atomic mass is 9.73. The summed E-state index contributed by atoms with van der Waals surface area (Å²) >= 11 is 0. The summed E-state index contributed by atoms with van der Waals surface area (Å²) in [5, 5.41) is 0. The first-order valence-electron chi connectivity index (χ1n) is 10.7. The molecule has 1 heterocycles. The molecule has 0 saturated carbocycles. The maximum Gasteiger partial charge on any atom is 0.337 e. The zero-order valence-corrected chi connectivity index (χ0v) is 18.6. The van der Waals surface area contributed by atoms with Gasteiger partial charge in [0.15, 0.2) is 0 Å². The summed E-state index contributed by atoms with van der Waals surface area (Å²) in [6.45, 7) is 4.63. The molecule has 0 atom stereocenters. The van der Waals surface area contributed by atoms with E-state index in [1.54, 1.807) is 19.2 Å². The molecule has 1 fully saturated rings. The lowest BCUT2D eigenvalue weighted by molar-refractivity contribution is -0.158. The van der Waals surface area contributed by atoms with E-state index in [0.29, 0.717) is 18.6 Å². The van der Waals surface area contributed by atoms with Gasteiger partial charge in [-0.15, -0.1) is 0 Å². The molecule has 0 radical (unpaired) electrons. The van der Waals surface area contributed by atoms with Crippen LogP contribution in [0.3, 0.4) is 0 Å². The number of carbonyl (C=O) groups is 2. The van der Waals surface area contributed by atoms with Gasteiger partial charge in [0.25, 0.3) is 0 Å². The number of benzene rings is 2. The fraction of sp³-hybridized carbons (Fsp3) is 0.440. The van der Waals surface area contributed by atoms with Gasteiger partial charge < -0.3 is 14.2 Å². The summed E-state index contributed by atoms with van der Waals surface area (Å²) in [4.78, 5) is 26.9. The summed E-state index contributed by atoms with van der Waals surface area (Å²) in [6.07, 6.45) is 2.12. The number of rotatable bonds is 8. The summed E-state index contributed by atoms with van der Waals surface area (Å²) in [6, 6.07) is 15.4. The van der Waals surface area contributed by atoms with E-state index in [9.17, 15) is 9.59 Å². The highest BCUT2D eigenvalue weighted by Crippen LogP contribution is 2.37. The molecule has 2 aromatic carbocycles. The van der Waals surface area contributed by atoms with Crippen LogP contribution in [0.4, 0.5) is 0 Å². The number of ether oxygens (including phenoxy) is 3. The standard InChI is InChI=1S/C25H31NO5/c1-4-31-24(28)25(17-20-6-5-7-22(16-20)29-2)12-14-26(15-13-25)18-19-8-10-21(11-9-19)23(27)30-3/h5-11,16H,4,12-15,17-18H2,1-3H3. The molecule has 1 aliphatic rings. The highest BCUT2D eigenvalue weighted by atomic mass is 16.5. The van der Waals surface area contributed by atoms with Crippen molar-refractivity contribution in [3.05, 3.63) is 65.2 Å². The zero-order valence-electron chi connectivity index (χ0n) is 18.6. The van der Waals surface area contributed by atoms with Gasteiger partial charge in [-0.2, -0.15) is 0 Å². The van der Waals surface area contributed by atoms with E-state index in [2.05, 4.69) is 4.90 Å². The van der Waals surface area contributed by atoms with E-state index >= 15 is 0 Å². The Morgan fingerprint density at radius 1 is 1.00 bits per heavy atom. The second kappa shape index (κ2) is 10.4. The smallest absolute Gasteiger partial charge is 0.337 e. The molecule has 0 spiro atoms. The van der Waals surface area contributed by atoms with Gasteiger partial charge in [-0.1, -0.05) is 24.3 Å². The predicted molar refractivity (Wildman–Crippen MR) is 118 cm³/mol. The third kappa shape index (κ3) is 5.64. The second-order valence-electron chi connectivity index (χ2n) is 7.99. The molecule has 6 heteroatoms. The fourth-order valence-electron chi connectivity index (χ4n) is 4.17. The number of piperidine rings is 1. The van der Waals surface area contributed by atoms with E-state index in [1.165, 1.54) is 7.11 Å². The average molecular weight is 426 g/mol. The van der Waals surface area contributed by atoms with Crippen LogP contribution in [-0.4, -0.2) is 50.8 Å². The van der Waals surface area contributed by atoms with Crippen molar-refractivity contribution in [3.63, 3.8) is 0 Å². The number of likely N-dealkylation sites (tertiary alicyclic amines) is 1. The molecule has 1 aliphatic heterocycles. The molecule has 0 aliphatic carbocycles. The molecule has 0 aromatic heterocycles. The minimum atomic E-state index is -0.520. The van der Waals surface area contributed by atoms with Crippen LogP contribution in [-0.2, 0) is 27.2 Å². The third-order valence-corrected chi connectivity index (χ3v) is 5.98. The zero-order chi connectivity index (χ0) is 22.3. The second-order valence-corrected chi connectivity index (χ2v) is 7.99. The van der Waals surface area contributed by atoms with Crippen LogP contribution in [0.25, 0.3) is 0 Å². The highest BCUT2D eigenvalue weighted by molar-refractivity contribution is 5.89. The Morgan fingerprint density at radius 3 is 2.32 bits per heavy atom. The van der Waals surface area contributed by atoms with E-state index in [1.807, 2.05) is 43.3 Å². The van der Waals surface area contributed by atoms with Crippen molar-refractivity contribution in [2.45, 2.75) is 32.7 Å². The van der Waals surface area contributed by atoms with E-state index in [4.69, 9.17) is 14.2 Å². The number of hydrogen-bond acceptors (Lipinski definition) is 6. The average Bonchev–Trinajstić information content (AvgIpc) is 2.80. The van der Waals surface area contributed by atoms with Crippen molar-refractivity contribution in [2.75, 3.05) is 33.9 Å². The van der Waals surface area contributed by atoms with Crippen LogP contribution in [0.2, 0.25) is 0 Å². The Balaban J connectivity index is 1.67. The number of carbonyl (C=O) groups excluding carboxylic acids is 2. The van der Waals surface area contributed by atoms with Gasteiger partial charge in [0.2, 0.25) is 0 Å². The first-order valence-corrected chi connectivity index (χ1v) is 10.7. The summed E-state index contributed by atoms with van der Waals surface area (Å²) in [5.74, 6) is 0.352. The molecule has 3 rings (SSSR count). The highest BCUT2D eigenvalue weighted by Gasteiger charge is 2.42. The van der Waals surface area contributed by atoms with Crippen molar-refractivity contribution in [1.82, 2.24) is 4.90 Å². The van der Waals surface area contributed by atoms with Gasteiger partial charge in [0, 0.05) is 6.54 Å². The maximum absolute atomic E-state index is 13.0. The molecular formula is C25H31NO5. The Morgan fingerprint density at radius 2 is 1.71 bits per heavy atom. The van der Waals surface area contributed by atoms with Gasteiger partial charge in [0.05, 0.1) is 31.8 Å². The molecule has 6 nitrogen and oxygen atoms in total. The molecule has 31 heavy (non-hydrogen) atoms. The molecule has 0 bridgehead atoms. The van der Waals surface area contributed by atoms with E-state index in [-0.39, 0.29) is 11.9 Å². The third-order valence-electron chi connectivity index (χ3n) is 5.98. The molecule has 166 valence electrons. The SMILES string of the molecule is CCOC(=O)C1(Cc2cccc(OC)c2)CCN(Cc2ccc(C(=O)OC)cc2)CC1. The van der Waals surface area contributed by atoms with Crippen molar-refractivity contribution >= 4 is 11.9 Å². The van der Waals surface area contributed by atoms with Crippen molar-refractivity contribution < 1.29 is 23.8 Å². The van der Waals surface area contributed by atoms with Gasteiger partial charge in [0.1, 0.15) is 5.75 Å². The number of esters is 2. The summed E-state index contributed by atoms with van der Waals surface area (Å²) < 4.78 is 15.6. The Kier molecular flexibility index (Phi) is 7.69. The molecular weight excluding hydrogens is 394 g/mol. The Labute approximate surface area is 184 Å². The van der Waals surface area contributed by atoms with Gasteiger partial charge >= 0.3 is 11.9 Å². The van der Waals surface area contributed by atoms with E-state index in [0.717, 1.165) is 49.4 Å². The first kappa shape index (κ1) is 22.8. The van der Waals surface area contributed by atoms with Crippen molar-refractivity contribution in [1.29, 1.82) is 0 Å². The van der Waals surface area contributed by atoms with Crippen molar-refractivity contribution in [2.24, 2.45) is 5.41 Å². The molecule has 0 N–H and O–H groups in total. The largest absolute Gasteiger partial charge is 0.497 e. The summed E-state index contributed by atoms with van der Waals surface area (Å²) in [7, 11) is 3.03. The molecule has 2 aromatic rings. The topological polar surface area (TPSA) is 65.1 Å².